The van der Waals surface area contributed by atoms with E-state index in [1.54, 1.807) is 0 Å². The molecule has 0 amide bonds. The molecule has 3 nitrogen and oxygen atoms in total. The summed E-state index contributed by atoms with van der Waals surface area (Å²) in [4.78, 5) is 0. The smallest absolute Gasteiger partial charge is 0.137 e. The van der Waals surface area contributed by atoms with E-state index in [2.05, 4.69) is 148 Å². The van der Waals surface area contributed by atoms with E-state index >= 15 is 0 Å². The fourth-order valence-electron chi connectivity index (χ4n) is 8.76. The zero-order valence-electron chi connectivity index (χ0n) is 25.2. The molecule has 0 saturated carbocycles. The number of nitrogens with zero attached hydrogens (tertiary/aromatic N) is 2. The van der Waals surface area contributed by atoms with Gasteiger partial charge in [0.05, 0.1) is 27.6 Å². The predicted molar refractivity (Wildman–Crippen MR) is 198 cm³/mol. The minimum absolute atomic E-state index is 0.899. The zero-order chi connectivity index (χ0) is 30.4. The van der Waals surface area contributed by atoms with Crippen LogP contribution in [0, 0.1) is 0 Å². The van der Waals surface area contributed by atoms with Crippen LogP contribution in [0.1, 0.15) is 0 Å². The average molecular weight is 597 g/mol. The van der Waals surface area contributed by atoms with Gasteiger partial charge in [-0.05, 0) is 35.0 Å². The van der Waals surface area contributed by atoms with E-state index in [1.807, 2.05) is 6.07 Å². The minimum Gasteiger partial charge on any atom is -0.456 e. The molecule has 12 rings (SSSR count). The third-order valence-corrected chi connectivity index (χ3v) is 10.6. The number of rotatable bonds is 1. The van der Waals surface area contributed by atoms with Gasteiger partial charge in [-0.3, -0.25) is 0 Å². The Labute approximate surface area is 267 Å². The fraction of sp³-hybridized carbons (Fsp3) is 0. The molecule has 0 aliphatic carbocycles. The molecule has 0 fully saturated rings. The van der Waals surface area contributed by atoms with Gasteiger partial charge in [-0.1, -0.05) is 115 Å². The van der Waals surface area contributed by atoms with Crippen molar-refractivity contribution >= 4 is 103 Å². The highest BCUT2D eigenvalue weighted by atomic mass is 16.3. The molecule has 0 N–H and O–H groups in total. The average Bonchev–Trinajstić information content (AvgIpc) is 3.87. The first-order chi connectivity index (χ1) is 23.3. The molecule has 0 spiro atoms. The molecule has 0 aliphatic rings. The molecule has 0 saturated heterocycles. The van der Waals surface area contributed by atoms with Crippen LogP contribution in [-0.4, -0.2) is 8.97 Å². The molecule has 8 aromatic carbocycles. The lowest BCUT2D eigenvalue weighted by Crippen LogP contribution is -1.95. The van der Waals surface area contributed by atoms with Crippen LogP contribution in [0.15, 0.2) is 150 Å². The van der Waals surface area contributed by atoms with E-state index in [4.69, 9.17) is 4.42 Å². The second-order valence-corrected chi connectivity index (χ2v) is 12.8. The van der Waals surface area contributed by atoms with Crippen LogP contribution in [0.4, 0.5) is 0 Å². The van der Waals surface area contributed by atoms with Gasteiger partial charge in [-0.15, -0.1) is 0 Å². The predicted octanol–water partition coefficient (Wildman–Crippen LogP) is 12.1. The molecule has 3 heteroatoms. The normalized spacial score (nSPS) is 12.7. The Balaban J connectivity index is 1.41. The summed E-state index contributed by atoms with van der Waals surface area (Å²) in [6, 6.07) is 53.1. The van der Waals surface area contributed by atoms with Crippen molar-refractivity contribution < 1.29 is 4.42 Å². The van der Waals surface area contributed by atoms with E-state index < -0.39 is 0 Å². The molecule has 216 valence electrons. The number of para-hydroxylation sites is 3. The second-order valence-electron chi connectivity index (χ2n) is 12.8. The van der Waals surface area contributed by atoms with E-state index in [0.717, 1.165) is 27.6 Å². The highest BCUT2D eigenvalue weighted by molar-refractivity contribution is 6.40. The van der Waals surface area contributed by atoms with Gasteiger partial charge in [0, 0.05) is 65.6 Å². The van der Waals surface area contributed by atoms with Gasteiger partial charge in [-0.25, -0.2) is 0 Å². The van der Waals surface area contributed by atoms with Crippen molar-refractivity contribution in [2.45, 2.75) is 0 Å². The maximum atomic E-state index is 6.48. The minimum atomic E-state index is 0.899. The Morgan fingerprint density at radius 3 is 1.91 bits per heavy atom. The van der Waals surface area contributed by atoms with E-state index in [9.17, 15) is 0 Å². The summed E-state index contributed by atoms with van der Waals surface area (Å²) in [5.74, 6) is 0. The van der Waals surface area contributed by atoms with Crippen LogP contribution < -0.4 is 0 Å². The second kappa shape index (κ2) is 8.28. The summed E-state index contributed by atoms with van der Waals surface area (Å²) >= 11 is 0. The number of benzene rings is 8. The molecule has 0 bridgehead atoms. The quantitative estimate of drug-likeness (QED) is 0.185. The summed E-state index contributed by atoms with van der Waals surface area (Å²) in [6.07, 6.45) is 0. The first-order valence-corrected chi connectivity index (χ1v) is 16.2. The standard InChI is InChI=1S/C44H24N2O/c1-2-11-27-25(10-1)20-22-35-39-31-14-3-4-15-33(31)43-40(34-17-9-16-32-28-12-5-7-18-36(28)46(43)42(32)34)44(39)45(41(27)35)26-21-23-30-29-13-6-8-19-37(29)47-38(30)24-26/h1-24H. The van der Waals surface area contributed by atoms with Gasteiger partial charge in [0.15, 0.2) is 0 Å². The maximum absolute atomic E-state index is 6.48. The summed E-state index contributed by atoms with van der Waals surface area (Å²) < 4.78 is 11.5. The SMILES string of the molecule is c1ccc2c(c1)ccc1c3c4ccccc4c4c(c5cccc6c7ccccc7n4c65)c3n(-c3ccc4c(c3)oc3ccccc34)c21. The molecule has 0 aliphatic heterocycles. The molecule has 12 aromatic rings. The van der Waals surface area contributed by atoms with Crippen molar-refractivity contribution in [2.24, 2.45) is 0 Å². The number of fused-ring (bicyclic) bond motifs is 18. The number of hydrogen-bond acceptors (Lipinski definition) is 1. The Morgan fingerprint density at radius 2 is 1.00 bits per heavy atom. The van der Waals surface area contributed by atoms with E-state index in [0.29, 0.717) is 0 Å². The maximum Gasteiger partial charge on any atom is 0.137 e. The topological polar surface area (TPSA) is 22.5 Å². The number of aromatic nitrogens is 2. The lowest BCUT2D eigenvalue weighted by Gasteiger charge is -2.12. The zero-order valence-corrected chi connectivity index (χ0v) is 25.2. The highest BCUT2D eigenvalue weighted by Gasteiger charge is 2.26. The van der Waals surface area contributed by atoms with Crippen LogP contribution in [0.25, 0.3) is 109 Å². The van der Waals surface area contributed by atoms with E-state index in [1.165, 1.54) is 81.4 Å². The molecule has 4 heterocycles. The third kappa shape index (κ3) is 2.81. The van der Waals surface area contributed by atoms with Crippen LogP contribution >= 0.6 is 0 Å². The fourth-order valence-corrected chi connectivity index (χ4v) is 8.76. The van der Waals surface area contributed by atoms with Gasteiger partial charge < -0.3 is 13.4 Å². The Hall–Kier alpha value is -6.32. The van der Waals surface area contributed by atoms with Crippen molar-refractivity contribution in [1.29, 1.82) is 0 Å². The summed E-state index contributed by atoms with van der Waals surface area (Å²) in [6.45, 7) is 0. The van der Waals surface area contributed by atoms with Crippen molar-refractivity contribution in [2.75, 3.05) is 0 Å². The van der Waals surface area contributed by atoms with Crippen molar-refractivity contribution in [3.05, 3.63) is 146 Å². The van der Waals surface area contributed by atoms with Crippen LogP contribution in [-0.2, 0) is 0 Å². The molecule has 47 heavy (non-hydrogen) atoms. The number of furan rings is 1. The Kier molecular flexibility index (Phi) is 4.22. The highest BCUT2D eigenvalue weighted by Crippen LogP contribution is 2.49. The van der Waals surface area contributed by atoms with Crippen LogP contribution in [0.3, 0.4) is 0 Å². The molecule has 0 radical (unpaired) electrons. The van der Waals surface area contributed by atoms with Crippen LogP contribution in [0.2, 0.25) is 0 Å². The lowest BCUT2D eigenvalue weighted by molar-refractivity contribution is 0.668. The van der Waals surface area contributed by atoms with Crippen molar-refractivity contribution in [1.82, 2.24) is 8.97 Å². The first-order valence-electron chi connectivity index (χ1n) is 16.2. The monoisotopic (exact) mass is 596 g/mol. The van der Waals surface area contributed by atoms with Crippen molar-refractivity contribution in [3.8, 4) is 5.69 Å². The first kappa shape index (κ1) is 24.0. The van der Waals surface area contributed by atoms with Gasteiger partial charge in [0.2, 0.25) is 0 Å². The van der Waals surface area contributed by atoms with Gasteiger partial charge >= 0.3 is 0 Å². The van der Waals surface area contributed by atoms with Crippen molar-refractivity contribution in [3.63, 3.8) is 0 Å². The van der Waals surface area contributed by atoms with Gasteiger partial charge in [0.25, 0.3) is 0 Å². The molecular formula is C44H24N2O. The van der Waals surface area contributed by atoms with Crippen LogP contribution in [0.5, 0.6) is 0 Å². The number of hydrogen-bond donors (Lipinski definition) is 0. The van der Waals surface area contributed by atoms with Gasteiger partial charge in [0.1, 0.15) is 11.2 Å². The Morgan fingerprint density at radius 1 is 0.362 bits per heavy atom. The van der Waals surface area contributed by atoms with Gasteiger partial charge in [-0.2, -0.15) is 0 Å². The largest absolute Gasteiger partial charge is 0.456 e. The molecule has 0 unspecified atom stereocenters. The summed E-state index contributed by atoms with van der Waals surface area (Å²) in [5.41, 5.74) is 9.16. The Bertz CT molecular complexity index is 3300. The third-order valence-electron chi connectivity index (χ3n) is 10.6. The lowest BCUT2D eigenvalue weighted by atomic mass is 9.98. The van der Waals surface area contributed by atoms with E-state index in [-0.39, 0.29) is 0 Å². The molecular weight excluding hydrogens is 572 g/mol. The molecule has 4 aromatic heterocycles. The summed E-state index contributed by atoms with van der Waals surface area (Å²) in [7, 11) is 0. The molecule has 0 atom stereocenters. The summed E-state index contributed by atoms with van der Waals surface area (Å²) in [5, 5.41) is 15.0.